The zero-order valence-corrected chi connectivity index (χ0v) is 12.1. The van der Waals surface area contributed by atoms with Gasteiger partial charge >= 0.3 is 0 Å². The third-order valence-corrected chi connectivity index (χ3v) is 3.20. The molecule has 0 atom stereocenters. The molecular formula is C15H18FN5. The Balaban J connectivity index is 2.24. The average Bonchev–Trinajstić information content (AvgIpc) is 2.47. The van der Waals surface area contributed by atoms with E-state index in [1.54, 1.807) is 18.0 Å². The van der Waals surface area contributed by atoms with Crippen molar-refractivity contribution in [3.8, 4) is 0 Å². The molecule has 2 rings (SSSR count). The normalized spacial score (nSPS) is 10.4. The van der Waals surface area contributed by atoms with E-state index in [-0.39, 0.29) is 17.5 Å². The fourth-order valence-corrected chi connectivity index (χ4v) is 2.09. The van der Waals surface area contributed by atoms with E-state index in [0.29, 0.717) is 24.2 Å². The quantitative estimate of drug-likeness (QED) is 0.652. The van der Waals surface area contributed by atoms with Crippen LogP contribution in [0.3, 0.4) is 0 Å². The summed E-state index contributed by atoms with van der Waals surface area (Å²) in [7, 11) is 1.77. The summed E-state index contributed by atoms with van der Waals surface area (Å²) >= 11 is 0. The number of aromatic nitrogens is 2. The van der Waals surface area contributed by atoms with Crippen LogP contribution in [-0.4, -0.2) is 22.9 Å². The number of nitrogens with two attached hydrogens (primary N) is 1. The van der Waals surface area contributed by atoms with Crippen LogP contribution in [0.25, 0.3) is 0 Å². The molecule has 1 aromatic carbocycles. The fourth-order valence-electron chi connectivity index (χ4n) is 2.09. The molecule has 0 fully saturated rings. The number of amidine groups is 1. The second-order valence-electron chi connectivity index (χ2n) is 4.78. The summed E-state index contributed by atoms with van der Waals surface area (Å²) in [6, 6.07) is 7.32. The first-order chi connectivity index (χ1) is 10.0. The fraction of sp³-hybridized carbons (Fsp3) is 0.267. The average molecular weight is 287 g/mol. The van der Waals surface area contributed by atoms with E-state index in [1.165, 1.54) is 6.33 Å². The number of nitrogens with zero attached hydrogens (tertiary/aromatic N) is 3. The van der Waals surface area contributed by atoms with Gasteiger partial charge in [-0.25, -0.2) is 14.4 Å². The molecule has 6 heteroatoms. The highest BCUT2D eigenvalue weighted by Gasteiger charge is 2.14. The Morgan fingerprint density at radius 1 is 1.38 bits per heavy atom. The Morgan fingerprint density at radius 2 is 2.14 bits per heavy atom. The number of hydrogen-bond donors (Lipinski definition) is 2. The van der Waals surface area contributed by atoms with Crippen LogP contribution < -0.4 is 10.6 Å². The largest absolute Gasteiger partial charge is 0.384 e. The van der Waals surface area contributed by atoms with Crippen LogP contribution in [0, 0.1) is 11.2 Å². The summed E-state index contributed by atoms with van der Waals surface area (Å²) in [6.07, 6.45) is 1.90. The van der Waals surface area contributed by atoms with Gasteiger partial charge in [0.15, 0.2) is 11.6 Å². The van der Waals surface area contributed by atoms with Gasteiger partial charge in [0.1, 0.15) is 12.2 Å². The number of benzene rings is 1. The summed E-state index contributed by atoms with van der Waals surface area (Å²) in [6.45, 7) is 2.32. The number of rotatable bonds is 5. The third kappa shape index (κ3) is 3.34. The number of hydrogen-bond acceptors (Lipinski definition) is 4. The Morgan fingerprint density at radius 3 is 2.81 bits per heavy atom. The smallest absolute Gasteiger partial charge is 0.187 e. The van der Waals surface area contributed by atoms with Crippen LogP contribution >= 0.6 is 0 Å². The van der Waals surface area contributed by atoms with Gasteiger partial charge in [0.05, 0.1) is 5.69 Å². The SMILES string of the molecule is CCc1ncnc(N(C)Cc2cccc(C(=N)N)c2)c1F. The van der Waals surface area contributed by atoms with Crippen LogP contribution in [0.1, 0.15) is 23.7 Å². The topological polar surface area (TPSA) is 78.9 Å². The monoisotopic (exact) mass is 287 g/mol. The maximum Gasteiger partial charge on any atom is 0.187 e. The van der Waals surface area contributed by atoms with E-state index in [2.05, 4.69) is 9.97 Å². The predicted molar refractivity (Wildman–Crippen MR) is 80.9 cm³/mol. The molecule has 5 nitrogen and oxygen atoms in total. The van der Waals surface area contributed by atoms with Gasteiger partial charge in [0, 0.05) is 19.2 Å². The Labute approximate surface area is 123 Å². The molecule has 1 heterocycles. The molecule has 0 spiro atoms. The molecule has 0 radical (unpaired) electrons. The molecule has 0 aliphatic heterocycles. The molecule has 21 heavy (non-hydrogen) atoms. The van der Waals surface area contributed by atoms with Crippen LogP contribution in [0.2, 0.25) is 0 Å². The lowest BCUT2D eigenvalue weighted by atomic mass is 10.1. The van der Waals surface area contributed by atoms with Gasteiger partial charge in [0.2, 0.25) is 0 Å². The molecule has 0 saturated carbocycles. The van der Waals surface area contributed by atoms with Crippen molar-refractivity contribution in [1.82, 2.24) is 9.97 Å². The minimum Gasteiger partial charge on any atom is -0.384 e. The molecule has 0 amide bonds. The first-order valence-electron chi connectivity index (χ1n) is 6.66. The minimum atomic E-state index is -0.384. The highest BCUT2D eigenvalue weighted by atomic mass is 19.1. The van der Waals surface area contributed by atoms with Crippen LogP contribution in [0.5, 0.6) is 0 Å². The molecule has 0 bridgehead atoms. The van der Waals surface area contributed by atoms with Crippen molar-refractivity contribution in [1.29, 1.82) is 5.41 Å². The lowest BCUT2D eigenvalue weighted by Gasteiger charge is -2.19. The Hall–Kier alpha value is -2.50. The van der Waals surface area contributed by atoms with Crippen LogP contribution in [0.15, 0.2) is 30.6 Å². The van der Waals surface area contributed by atoms with E-state index in [9.17, 15) is 4.39 Å². The van der Waals surface area contributed by atoms with Gasteiger partial charge < -0.3 is 10.6 Å². The predicted octanol–water partition coefficient (Wildman–Crippen LogP) is 2.10. The number of aryl methyl sites for hydroxylation is 1. The molecule has 110 valence electrons. The van der Waals surface area contributed by atoms with Gasteiger partial charge in [-0.05, 0) is 18.1 Å². The second-order valence-corrected chi connectivity index (χ2v) is 4.78. The van der Waals surface area contributed by atoms with Crippen molar-refractivity contribution in [2.45, 2.75) is 19.9 Å². The van der Waals surface area contributed by atoms with Gasteiger partial charge in [-0.3, -0.25) is 5.41 Å². The summed E-state index contributed by atoms with van der Waals surface area (Å²) in [4.78, 5) is 9.66. The minimum absolute atomic E-state index is 0.0148. The van der Waals surface area contributed by atoms with E-state index in [4.69, 9.17) is 11.1 Å². The van der Waals surface area contributed by atoms with Gasteiger partial charge in [0.25, 0.3) is 0 Å². The number of nitrogens with one attached hydrogen (secondary N) is 1. The molecule has 0 saturated heterocycles. The highest BCUT2D eigenvalue weighted by molar-refractivity contribution is 5.95. The lowest BCUT2D eigenvalue weighted by Crippen LogP contribution is -2.20. The molecule has 3 N–H and O–H groups in total. The molecule has 0 aliphatic rings. The van der Waals surface area contributed by atoms with Crippen molar-refractivity contribution in [2.24, 2.45) is 5.73 Å². The van der Waals surface area contributed by atoms with Crippen molar-refractivity contribution < 1.29 is 4.39 Å². The van der Waals surface area contributed by atoms with Crippen molar-refractivity contribution in [2.75, 3.05) is 11.9 Å². The number of nitrogen functional groups attached to an aromatic ring is 1. The maximum absolute atomic E-state index is 14.2. The Bertz CT molecular complexity index is 656. The molecule has 0 unspecified atom stereocenters. The standard InChI is InChI=1S/C15H18FN5/c1-3-12-13(16)15(20-9-19-12)21(2)8-10-5-4-6-11(7-10)14(17)18/h4-7,9H,3,8H2,1-2H3,(H3,17,18). The summed E-state index contributed by atoms with van der Waals surface area (Å²) in [5.41, 5.74) is 7.47. The van der Waals surface area contributed by atoms with Gasteiger partial charge in [-0.1, -0.05) is 25.1 Å². The second kappa shape index (κ2) is 6.30. The van der Waals surface area contributed by atoms with Crippen LogP contribution in [0.4, 0.5) is 10.2 Å². The van der Waals surface area contributed by atoms with Gasteiger partial charge in [-0.2, -0.15) is 0 Å². The van der Waals surface area contributed by atoms with E-state index >= 15 is 0 Å². The Kier molecular flexibility index (Phi) is 4.47. The van der Waals surface area contributed by atoms with Crippen LogP contribution in [-0.2, 0) is 13.0 Å². The number of halogens is 1. The summed E-state index contributed by atoms with van der Waals surface area (Å²) < 4.78 is 14.2. The third-order valence-electron chi connectivity index (χ3n) is 3.20. The molecule has 0 aliphatic carbocycles. The lowest BCUT2D eigenvalue weighted by molar-refractivity contribution is 0.588. The zero-order chi connectivity index (χ0) is 15.4. The molecule has 1 aromatic heterocycles. The first kappa shape index (κ1) is 14.9. The molecular weight excluding hydrogens is 269 g/mol. The highest BCUT2D eigenvalue weighted by Crippen LogP contribution is 2.19. The zero-order valence-electron chi connectivity index (χ0n) is 12.1. The van der Waals surface area contributed by atoms with Crippen molar-refractivity contribution >= 4 is 11.7 Å². The molecule has 2 aromatic rings. The van der Waals surface area contributed by atoms with E-state index < -0.39 is 0 Å². The first-order valence-corrected chi connectivity index (χ1v) is 6.66. The van der Waals surface area contributed by atoms with Crippen molar-refractivity contribution in [3.05, 3.63) is 53.2 Å². The van der Waals surface area contributed by atoms with E-state index in [1.807, 2.05) is 25.1 Å². The van der Waals surface area contributed by atoms with Crippen molar-refractivity contribution in [3.63, 3.8) is 0 Å². The summed E-state index contributed by atoms with van der Waals surface area (Å²) in [5, 5.41) is 7.45. The van der Waals surface area contributed by atoms with E-state index in [0.717, 1.165) is 5.56 Å². The maximum atomic E-state index is 14.2. The number of anilines is 1. The van der Waals surface area contributed by atoms with Gasteiger partial charge in [-0.15, -0.1) is 0 Å². The summed E-state index contributed by atoms with van der Waals surface area (Å²) in [5.74, 6) is -0.0960.